The van der Waals surface area contributed by atoms with Crippen molar-refractivity contribution in [3.63, 3.8) is 0 Å². The molecule has 0 saturated heterocycles. The van der Waals surface area contributed by atoms with Crippen molar-refractivity contribution in [2.75, 3.05) is 0 Å². The normalized spacial score (nSPS) is 10.6. The first-order valence-corrected chi connectivity index (χ1v) is 6.52. The molecule has 110 valence electrons. The molecule has 2 N–H and O–H groups in total. The van der Waals surface area contributed by atoms with E-state index in [9.17, 15) is 15.2 Å². The Bertz CT molecular complexity index is 840. The number of aromatic nitrogens is 3. The summed E-state index contributed by atoms with van der Waals surface area (Å²) in [7, 11) is 0. The van der Waals surface area contributed by atoms with Crippen molar-refractivity contribution in [2.24, 2.45) is 0 Å². The second-order valence-corrected chi connectivity index (χ2v) is 4.83. The lowest BCUT2D eigenvalue weighted by atomic mass is 10.1. The van der Waals surface area contributed by atoms with Crippen molar-refractivity contribution in [1.82, 2.24) is 15.2 Å². The number of aromatic amines is 1. The Kier molecular flexibility index (Phi) is 3.30. The fourth-order valence-corrected chi connectivity index (χ4v) is 2.04. The fourth-order valence-electron chi connectivity index (χ4n) is 2.04. The van der Waals surface area contributed by atoms with Gasteiger partial charge in [-0.2, -0.15) is 5.10 Å². The highest BCUT2D eigenvalue weighted by atomic mass is 16.6. The van der Waals surface area contributed by atoms with Crippen molar-refractivity contribution < 1.29 is 10.0 Å². The van der Waals surface area contributed by atoms with Crippen LogP contribution in [0.15, 0.2) is 42.5 Å². The van der Waals surface area contributed by atoms with Crippen LogP contribution in [0.25, 0.3) is 22.8 Å². The molecule has 0 bridgehead atoms. The van der Waals surface area contributed by atoms with Gasteiger partial charge >= 0.3 is 5.69 Å². The minimum absolute atomic E-state index is 0.332. The Hall–Kier alpha value is -3.22. The Morgan fingerprint density at radius 2 is 1.82 bits per heavy atom. The number of benzene rings is 2. The van der Waals surface area contributed by atoms with Gasteiger partial charge in [0.2, 0.25) is 0 Å². The van der Waals surface area contributed by atoms with Gasteiger partial charge in [-0.15, -0.1) is 0 Å². The minimum Gasteiger partial charge on any atom is -0.502 e. The molecule has 7 heteroatoms. The summed E-state index contributed by atoms with van der Waals surface area (Å²) in [5, 5.41) is 27.2. The Labute approximate surface area is 125 Å². The number of aryl methyl sites for hydroxylation is 1. The molecule has 0 atom stereocenters. The topological polar surface area (TPSA) is 105 Å². The van der Waals surface area contributed by atoms with E-state index >= 15 is 0 Å². The summed E-state index contributed by atoms with van der Waals surface area (Å²) in [6, 6.07) is 11.8. The van der Waals surface area contributed by atoms with Crippen LogP contribution < -0.4 is 0 Å². The summed E-state index contributed by atoms with van der Waals surface area (Å²) < 4.78 is 0. The highest BCUT2D eigenvalue weighted by Gasteiger charge is 2.16. The number of hydrogen-bond donors (Lipinski definition) is 2. The van der Waals surface area contributed by atoms with E-state index in [0.717, 1.165) is 11.1 Å². The van der Waals surface area contributed by atoms with Crippen molar-refractivity contribution in [3.8, 4) is 28.5 Å². The molecular weight excluding hydrogens is 284 g/mol. The maximum atomic E-state index is 10.9. The van der Waals surface area contributed by atoms with E-state index in [1.54, 1.807) is 0 Å². The fraction of sp³-hybridized carbons (Fsp3) is 0.0667. The van der Waals surface area contributed by atoms with Gasteiger partial charge < -0.3 is 5.11 Å². The van der Waals surface area contributed by atoms with Crippen LogP contribution in [0, 0.1) is 17.0 Å². The molecule has 0 spiro atoms. The molecule has 3 rings (SSSR count). The van der Waals surface area contributed by atoms with Crippen LogP contribution in [-0.4, -0.2) is 25.2 Å². The van der Waals surface area contributed by atoms with Gasteiger partial charge in [-0.25, -0.2) is 4.98 Å². The molecule has 22 heavy (non-hydrogen) atoms. The van der Waals surface area contributed by atoms with Crippen LogP contribution in [0.2, 0.25) is 0 Å². The second kappa shape index (κ2) is 5.28. The third-order valence-electron chi connectivity index (χ3n) is 3.24. The van der Waals surface area contributed by atoms with Gasteiger partial charge in [-0.3, -0.25) is 15.2 Å². The first-order valence-electron chi connectivity index (χ1n) is 6.52. The summed E-state index contributed by atoms with van der Waals surface area (Å²) in [5.74, 6) is 0.521. The minimum atomic E-state index is -0.646. The average Bonchev–Trinajstić information content (AvgIpc) is 2.98. The maximum Gasteiger partial charge on any atom is 0.311 e. The highest BCUT2D eigenvalue weighted by molar-refractivity contribution is 5.65. The molecule has 0 saturated carbocycles. The molecule has 1 heterocycles. The van der Waals surface area contributed by atoms with E-state index in [2.05, 4.69) is 15.2 Å². The van der Waals surface area contributed by atoms with Gasteiger partial charge in [0, 0.05) is 17.2 Å². The number of hydrogen-bond acceptors (Lipinski definition) is 5. The molecule has 7 nitrogen and oxygen atoms in total. The summed E-state index contributed by atoms with van der Waals surface area (Å²) in [6.07, 6.45) is 0. The lowest BCUT2D eigenvalue weighted by Gasteiger charge is -1.98. The Morgan fingerprint density at radius 3 is 2.50 bits per heavy atom. The Morgan fingerprint density at radius 1 is 1.14 bits per heavy atom. The van der Waals surface area contributed by atoms with Crippen molar-refractivity contribution in [2.45, 2.75) is 6.92 Å². The number of phenols is 1. The van der Waals surface area contributed by atoms with Crippen LogP contribution >= 0.6 is 0 Å². The van der Waals surface area contributed by atoms with Crippen LogP contribution in [0.3, 0.4) is 0 Å². The van der Waals surface area contributed by atoms with E-state index in [1.165, 1.54) is 18.2 Å². The molecule has 0 aliphatic heterocycles. The number of nitrogens with one attached hydrogen (secondary N) is 1. The SMILES string of the molecule is Cc1ccc(-c2nc(-c3ccc(O)c([N+](=O)[O-])c3)n[nH]2)cc1. The number of nitro groups is 1. The molecule has 0 radical (unpaired) electrons. The molecule has 0 fully saturated rings. The van der Waals surface area contributed by atoms with Crippen molar-refractivity contribution in [3.05, 3.63) is 58.1 Å². The van der Waals surface area contributed by atoms with E-state index in [0.29, 0.717) is 17.2 Å². The summed E-state index contributed by atoms with van der Waals surface area (Å²) >= 11 is 0. The monoisotopic (exact) mass is 296 g/mol. The average molecular weight is 296 g/mol. The van der Waals surface area contributed by atoms with E-state index in [-0.39, 0.29) is 11.4 Å². The van der Waals surface area contributed by atoms with Crippen LogP contribution in [0.4, 0.5) is 5.69 Å². The van der Waals surface area contributed by atoms with Gasteiger partial charge in [0.1, 0.15) is 0 Å². The lowest BCUT2D eigenvalue weighted by molar-refractivity contribution is -0.385. The quantitative estimate of drug-likeness (QED) is 0.571. The van der Waals surface area contributed by atoms with E-state index < -0.39 is 4.92 Å². The van der Waals surface area contributed by atoms with Crippen LogP contribution in [0.5, 0.6) is 5.75 Å². The molecule has 0 amide bonds. The molecule has 0 aliphatic carbocycles. The van der Waals surface area contributed by atoms with Crippen LogP contribution in [0.1, 0.15) is 5.56 Å². The molecule has 2 aromatic carbocycles. The van der Waals surface area contributed by atoms with E-state index in [4.69, 9.17) is 0 Å². The van der Waals surface area contributed by atoms with Crippen molar-refractivity contribution >= 4 is 5.69 Å². The highest BCUT2D eigenvalue weighted by Crippen LogP contribution is 2.30. The number of rotatable bonds is 3. The zero-order chi connectivity index (χ0) is 15.7. The van der Waals surface area contributed by atoms with Gasteiger partial charge in [0.05, 0.1) is 4.92 Å². The number of aromatic hydroxyl groups is 1. The first kappa shape index (κ1) is 13.7. The molecular formula is C15H12N4O3. The number of nitrogens with zero attached hydrogens (tertiary/aromatic N) is 3. The molecule has 0 aliphatic rings. The largest absolute Gasteiger partial charge is 0.502 e. The standard InChI is InChI=1S/C15H12N4O3/c1-9-2-4-10(5-3-9)14-16-15(18-17-14)11-6-7-13(20)12(8-11)19(21)22/h2-8,20H,1H3,(H,16,17,18). The molecule has 1 aromatic heterocycles. The van der Waals surface area contributed by atoms with Crippen LogP contribution in [-0.2, 0) is 0 Å². The smallest absolute Gasteiger partial charge is 0.311 e. The number of nitro benzene ring substituents is 1. The zero-order valence-corrected chi connectivity index (χ0v) is 11.6. The third kappa shape index (κ3) is 2.51. The van der Waals surface area contributed by atoms with Gasteiger partial charge in [-0.05, 0) is 19.1 Å². The summed E-state index contributed by atoms with van der Waals surface area (Å²) in [6.45, 7) is 1.99. The van der Waals surface area contributed by atoms with Gasteiger partial charge in [0.15, 0.2) is 17.4 Å². The third-order valence-corrected chi connectivity index (χ3v) is 3.24. The lowest BCUT2D eigenvalue weighted by Crippen LogP contribution is -1.90. The maximum absolute atomic E-state index is 10.9. The van der Waals surface area contributed by atoms with Crippen molar-refractivity contribution in [1.29, 1.82) is 0 Å². The first-order chi connectivity index (χ1) is 10.5. The van der Waals surface area contributed by atoms with Gasteiger partial charge in [-0.1, -0.05) is 29.8 Å². The Balaban J connectivity index is 1.99. The predicted molar refractivity (Wildman–Crippen MR) is 80.3 cm³/mol. The summed E-state index contributed by atoms with van der Waals surface area (Å²) in [4.78, 5) is 14.6. The predicted octanol–water partition coefficient (Wildman–Crippen LogP) is 3.06. The second-order valence-electron chi connectivity index (χ2n) is 4.83. The molecule has 3 aromatic rings. The molecule has 0 unspecified atom stereocenters. The van der Waals surface area contributed by atoms with E-state index in [1.807, 2.05) is 31.2 Å². The number of phenolic OH excluding ortho intramolecular Hbond substituents is 1. The summed E-state index contributed by atoms with van der Waals surface area (Å²) in [5.41, 5.74) is 2.09. The number of H-pyrrole nitrogens is 1. The van der Waals surface area contributed by atoms with Gasteiger partial charge in [0.25, 0.3) is 0 Å². The zero-order valence-electron chi connectivity index (χ0n) is 11.6.